The summed E-state index contributed by atoms with van der Waals surface area (Å²) < 4.78 is 3.76. The lowest BCUT2D eigenvalue weighted by molar-refractivity contribution is 0.485. The van der Waals surface area contributed by atoms with E-state index < -0.39 is 0 Å². The van der Waals surface area contributed by atoms with Crippen molar-refractivity contribution in [1.29, 1.82) is 0 Å². The van der Waals surface area contributed by atoms with Crippen molar-refractivity contribution in [3.05, 3.63) is 23.5 Å². The SMILES string of the molecule is Cc1nn(Cc2ncnn2C(C)C)c(C)c1N. The van der Waals surface area contributed by atoms with E-state index in [0.717, 1.165) is 22.9 Å². The van der Waals surface area contributed by atoms with Crippen molar-refractivity contribution in [3.63, 3.8) is 0 Å². The highest BCUT2D eigenvalue weighted by Crippen LogP contribution is 2.16. The average molecular weight is 234 g/mol. The molecular weight excluding hydrogens is 216 g/mol. The minimum absolute atomic E-state index is 0.293. The fourth-order valence-electron chi connectivity index (χ4n) is 1.82. The lowest BCUT2D eigenvalue weighted by atomic mass is 10.3. The van der Waals surface area contributed by atoms with Crippen LogP contribution in [0, 0.1) is 13.8 Å². The van der Waals surface area contributed by atoms with Crippen LogP contribution < -0.4 is 5.73 Å². The van der Waals surface area contributed by atoms with Crippen LogP contribution in [0.1, 0.15) is 37.1 Å². The van der Waals surface area contributed by atoms with Crippen molar-refractivity contribution in [3.8, 4) is 0 Å². The van der Waals surface area contributed by atoms with Gasteiger partial charge < -0.3 is 5.73 Å². The van der Waals surface area contributed by atoms with Crippen LogP contribution in [0.2, 0.25) is 0 Å². The van der Waals surface area contributed by atoms with E-state index in [-0.39, 0.29) is 0 Å². The molecule has 0 aliphatic carbocycles. The van der Waals surface area contributed by atoms with Crippen LogP contribution in [0.3, 0.4) is 0 Å². The predicted molar refractivity (Wildman–Crippen MR) is 65.6 cm³/mol. The van der Waals surface area contributed by atoms with Gasteiger partial charge in [0.1, 0.15) is 18.7 Å². The van der Waals surface area contributed by atoms with Gasteiger partial charge in [-0.1, -0.05) is 0 Å². The van der Waals surface area contributed by atoms with E-state index in [0.29, 0.717) is 12.6 Å². The van der Waals surface area contributed by atoms with Crippen LogP contribution in [0.25, 0.3) is 0 Å². The molecule has 0 spiro atoms. The first-order valence-corrected chi connectivity index (χ1v) is 5.68. The topological polar surface area (TPSA) is 74.5 Å². The Morgan fingerprint density at radius 2 is 2.06 bits per heavy atom. The summed E-state index contributed by atoms with van der Waals surface area (Å²) in [6.45, 7) is 8.63. The maximum Gasteiger partial charge on any atom is 0.148 e. The van der Waals surface area contributed by atoms with E-state index >= 15 is 0 Å². The molecule has 0 saturated carbocycles. The molecule has 0 aliphatic heterocycles. The molecule has 0 bridgehead atoms. The van der Waals surface area contributed by atoms with E-state index in [1.165, 1.54) is 0 Å². The molecule has 0 saturated heterocycles. The summed E-state index contributed by atoms with van der Waals surface area (Å²) in [5.74, 6) is 0.894. The van der Waals surface area contributed by atoms with Gasteiger partial charge in [0.25, 0.3) is 0 Å². The molecule has 2 aromatic rings. The molecule has 2 rings (SSSR count). The normalized spacial score (nSPS) is 11.4. The van der Waals surface area contributed by atoms with Gasteiger partial charge in [-0.2, -0.15) is 10.2 Å². The highest BCUT2D eigenvalue weighted by Gasteiger charge is 2.12. The summed E-state index contributed by atoms with van der Waals surface area (Å²) in [7, 11) is 0. The molecule has 2 aromatic heterocycles. The third-order valence-electron chi connectivity index (χ3n) is 2.87. The number of hydrogen-bond donors (Lipinski definition) is 1. The van der Waals surface area contributed by atoms with Crippen LogP contribution in [-0.2, 0) is 6.54 Å². The Labute approximate surface area is 100 Å². The van der Waals surface area contributed by atoms with Crippen molar-refractivity contribution >= 4 is 5.69 Å². The Morgan fingerprint density at radius 3 is 2.59 bits per heavy atom. The second kappa shape index (κ2) is 4.20. The van der Waals surface area contributed by atoms with E-state index in [9.17, 15) is 0 Å². The number of nitrogens with two attached hydrogens (primary N) is 1. The number of anilines is 1. The van der Waals surface area contributed by atoms with Gasteiger partial charge in [-0.3, -0.25) is 4.68 Å². The fourth-order valence-corrected chi connectivity index (χ4v) is 1.82. The summed E-state index contributed by atoms with van der Waals surface area (Å²) in [5.41, 5.74) is 8.49. The molecule has 92 valence electrons. The van der Waals surface area contributed by atoms with E-state index in [2.05, 4.69) is 29.0 Å². The van der Waals surface area contributed by atoms with Crippen LogP contribution in [-0.4, -0.2) is 24.5 Å². The third-order valence-corrected chi connectivity index (χ3v) is 2.87. The number of hydrogen-bond acceptors (Lipinski definition) is 4. The first-order chi connectivity index (χ1) is 8.00. The van der Waals surface area contributed by atoms with E-state index in [1.54, 1.807) is 6.33 Å². The number of nitrogens with zero attached hydrogens (tertiary/aromatic N) is 5. The molecule has 2 heterocycles. The number of aryl methyl sites for hydroxylation is 1. The first kappa shape index (κ1) is 11.6. The second-order valence-corrected chi connectivity index (χ2v) is 4.46. The molecule has 0 amide bonds. The predicted octanol–water partition coefficient (Wildman–Crippen LogP) is 1.30. The maximum absolute atomic E-state index is 5.90. The van der Waals surface area contributed by atoms with Gasteiger partial charge in [0, 0.05) is 6.04 Å². The zero-order chi connectivity index (χ0) is 12.6. The molecular formula is C11H18N6. The molecule has 0 atom stereocenters. The van der Waals surface area contributed by atoms with Gasteiger partial charge >= 0.3 is 0 Å². The Kier molecular flexibility index (Phi) is 2.87. The molecule has 0 fully saturated rings. The van der Waals surface area contributed by atoms with Crippen molar-refractivity contribution in [2.24, 2.45) is 0 Å². The summed E-state index contributed by atoms with van der Waals surface area (Å²) in [6.07, 6.45) is 1.57. The van der Waals surface area contributed by atoms with Gasteiger partial charge in [-0.25, -0.2) is 9.67 Å². The number of aromatic nitrogens is 5. The van der Waals surface area contributed by atoms with Gasteiger partial charge in [0.2, 0.25) is 0 Å². The van der Waals surface area contributed by atoms with Crippen molar-refractivity contribution in [2.75, 3.05) is 5.73 Å². The minimum atomic E-state index is 0.293. The summed E-state index contributed by atoms with van der Waals surface area (Å²) in [4.78, 5) is 4.26. The monoisotopic (exact) mass is 234 g/mol. The zero-order valence-corrected chi connectivity index (χ0v) is 10.7. The molecule has 0 aliphatic rings. The van der Waals surface area contributed by atoms with Crippen LogP contribution in [0.4, 0.5) is 5.69 Å². The Morgan fingerprint density at radius 1 is 1.35 bits per heavy atom. The Balaban J connectivity index is 2.32. The maximum atomic E-state index is 5.90. The van der Waals surface area contributed by atoms with Crippen molar-refractivity contribution in [1.82, 2.24) is 24.5 Å². The molecule has 0 unspecified atom stereocenters. The number of nitrogen functional groups attached to an aromatic ring is 1. The molecule has 17 heavy (non-hydrogen) atoms. The molecule has 6 heteroatoms. The van der Waals surface area contributed by atoms with E-state index in [4.69, 9.17) is 5.73 Å². The third kappa shape index (κ3) is 2.02. The van der Waals surface area contributed by atoms with E-state index in [1.807, 2.05) is 23.2 Å². The second-order valence-electron chi connectivity index (χ2n) is 4.46. The Hall–Kier alpha value is -1.85. The van der Waals surface area contributed by atoms with Crippen LogP contribution >= 0.6 is 0 Å². The summed E-state index contributed by atoms with van der Waals surface area (Å²) in [5, 5.41) is 8.60. The molecule has 0 radical (unpaired) electrons. The summed E-state index contributed by atoms with van der Waals surface area (Å²) >= 11 is 0. The van der Waals surface area contributed by atoms with Crippen LogP contribution in [0.5, 0.6) is 0 Å². The summed E-state index contributed by atoms with van der Waals surface area (Å²) in [6, 6.07) is 0.293. The fraction of sp³-hybridized carbons (Fsp3) is 0.545. The lowest BCUT2D eigenvalue weighted by Crippen LogP contribution is -2.13. The van der Waals surface area contributed by atoms with Crippen molar-refractivity contribution < 1.29 is 0 Å². The standard InChI is InChI=1S/C11H18N6/c1-7(2)17-10(13-6-14-17)5-16-9(4)11(12)8(3)15-16/h6-7H,5,12H2,1-4H3. The van der Waals surface area contributed by atoms with Gasteiger partial charge in [-0.05, 0) is 27.7 Å². The first-order valence-electron chi connectivity index (χ1n) is 5.68. The lowest BCUT2D eigenvalue weighted by Gasteiger charge is -2.10. The Bertz CT molecular complexity index is 522. The molecule has 6 nitrogen and oxygen atoms in total. The highest BCUT2D eigenvalue weighted by molar-refractivity contribution is 5.46. The highest BCUT2D eigenvalue weighted by atomic mass is 15.4. The minimum Gasteiger partial charge on any atom is -0.396 e. The zero-order valence-electron chi connectivity index (χ0n) is 10.7. The smallest absolute Gasteiger partial charge is 0.148 e. The van der Waals surface area contributed by atoms with Gasteiger partial charge in [-0.15, -0.1) is 0 Å². The van der Waals surface area contributed by atoms with Crippen LogP contribution in [0.15, 0.2) is 6.33 Å². The molecule has 0 aromatic carbocycles. The van der Waals surface area contributed by atoms with Gasteiger partial charge in [0.05, 0.1) is 17.1 Å². The number of rotatable bonds is 3. The largest absolute Gasteiger partial charge is 0.396 e. The quantitative estimate of drug-likeness (QED) is 0.868. The molecule has 2 N–H and O–H groups in total. The van der Waals surface area contributed by atoms with Crippen molar-refractivity contribution in [2.45, 2.75) is 40.3 Å². The van der Waals surface area contributed by atoms with Gasteiger partial charge in [0.15, 0.2) is 0 Å². The average Bonchev–Trinajstić information content (AvgIpc) is 2.81.